The third-order valence-corrected chi connectivity index (χ3v) is 11.2. The first-order valence-electron chi connectivity index (χ1n) is 18.2. The van der Waals surface area contributed by atoms with E-state index < -0.39 is 5.41 Å². The van der Waals surface area contributed by atoms with Crippen LogP contribution in [0.1, 0.15) is 22.3 Å². The Morgan fingerprint density at radius 3 is 1.75 bits per heavy atom. The van der Waals surface area contributed by atoms with Crippen LogP contribution in [-0.4, -0.2) is 9.38 Å². The molecule has 1 aliphatic rings. The van der Waals surface area contributed by atoms with E-state index in [2.05, 4.69) is 204 Å². The van der Waals surface area contributed by atoms with E-state index in [1.165, 1.54) is 55.3 Å². The number of benzene rings is 8. The van der Waals surface area contributed by atoms with Gasteiger partial charge in [0.05, 0.1) is 22.0 Å². The van der Waals surface area contributed by atoms with E-state index in [4.69, 9.17) is 4.98 Å². The van der Waals surface area contributed by atoms with E-state index in [0.29, 0.717) is 0 Å². The number of nitrogens with one attached hydrogen (secondary N) is 1. The van der Waals surface area contributed by atoms with Crippen LogP contribution in [0.5, 0.6) is 0 Å². The van der Waals surface area contributed by atoms with Gasteiger partial charge in [0.25, 0.3) is 0 Å². The van der Waals surface area contributed by atoms with Crippen molar-refractivity contribution in [3.8, 4) is 22.3 Å². The van der Waals surface area contributed by atoms with E-state index in [1.807, 2.05) is 0 Å². The lowest BCUT2D eigenvalue weighted by Gasteiger charge is -2.34. The van der Waals surface area contributed by atoms with Crippen LogP contribution in [0.15, 0.2) is 194 Å². The molecule has 0 radical (unpaired) electrons. The number of hydrogen-bond donors (Lipinski definition) is 1. The molecular formula is C50H33N3. The molecular weight excluding hydrogens is 643 g/mol. The van der Waals surface area contributed by atoms with Crippen LogP contribution in [0.4, 0.5) is 11.4 Å². The highest BCUT2D eigenvalue weighted by Crippen LogP contribution is 2.57. The Hall–Kier alpha value is -6.97. The van der Waals surface area contributed by atoms with Crippen molar-refractivity contribution >= 4 is 49.7 Å². The number of anilines is 2. The Morgan fingerprint density at radius 1 is 0.415 bits per heavy atom. The first-order chi connectivity index (χ1) is 26.3. The Bertz CT molecular complexity index is 2980. The van der Waals surface area contributed by atoms with Crippen molar-refractivity contribution in [3.63, 3.8) is 0 Å². The zero-order chi connectivity index (χ0) is 34.9. The van der Waals surface area contributed by atoms with E-state index in [9.17, 15) is 0 Å². The second kappa shape index (κ2) is 11.5. The maximum Gasteiger partial charge on any atom is 0.146 e. The molecule has 0 aliphatic heterocycles. The van der Waals surface area contributed by atoms with Crippen LogP contribution in [-0.2, 0) is 5.41 Å². The van der Waals surface area contributed by atoms with E-state index >= 15 is 0 Å². The summed E-state index contributed by atoms with van der Waals surface area (Å²) in [5.41, 5.74) is 15.9. The molecule has 3 heteroatoms. The monoisotopic (exact) mass is 675 g/mol. The number of hydrogen-bond acceptors (Lipinski definition) is 2. The van der Waals surface area contributed by atoms with Crippen molar-refractivity contribution in [3.05, 3.63) is 216 Å². The number of nitrogens with zero attached hydrogens (tertiary/aromatic N) is 2. The lowest BCUT2D eigenvalue weighted by atomic mass is 9.67. The predicted molar refractivity (Wildman–Crippen MR) is 220 cm³/mol. The molecule has 1 aliphatic carbocycles. The van der Waals surface area contributed by atoms with Gasteiger partial charge in [-0.2, -0.15) is 0 Å². The van der Waals surface area contributed by atoms with E-state index in [0.717, 1.165) is 39.0 Å². The molecule has 0 bridgehead atoms. The minimum atomic E-state index is -0.525. The number of imidazole rings is 1. The molecule has 0 saturated heterocycles. The largest absolute Gasteiger partial charge is 0.356 e. The van der Waals surface area contributed by atoms with Gasteiger partial charge in [-0.3, -0.25) is 4.40 Å². The minimum absolute atomic E-state index is 0.525. The summed E-state index contributed by atoms with van der Waals surface area (Å²) in [5.74, 6) is 0. The minimum Gasteiger partial charge on any atom is -0.356 e. The third-order valence-electron chi connectivity index (χ3n) is 11.2. The fraction of sp³-hybridized carbons (Fsp3) is 0.0200. The molecule has 11 rings (SSSR count). The van der Waals surface area contributed by atoms with Gasteiger partial charge in [0.15, 0.2) is 0 Å². The molecule has 0 atom stereocenters. The lowest BCUT2D eigenvalue weighted by Crippen LogP contribution is -2.28. The van der Waals surface area contributed by atoms with Crippen molar-refractivity contribution in [2.75, 3.05) is 5.32 Å². The number of fused-ring (bicyclic) bond motifs is 11. The zero-order valence-corrected chi connectivity index (χ0v) is 28.9. The van der Waals surface area contributed by atoms with Crippen LogP contribution in [0.25, 0.3) is 60.6 Å². The topological polar surface area (TPSA) is 29.3 Å². The highest BCUT2D eigenvalue weighted by Gasteiger charge is 2.46. The molecule has 0 fully saturated rings. The molecule has 0 unspecified atom stereocenters. The summed E-state index contributed by atoms with van der Waals surface area (Å²) in [5, 5.41) is 7.26. The molecule has 1 N–H and O–H groups in total. The summed E-state index contributed by atoms with van der Waals surface area (Å²) < 4.78 is 2.31. The molecule has 10 aromatic rings. The van der Waals surface area contributed by atoms with Gasteiger partial charge in [0.2, 0.25) is 0 Å². The van der Waals surface area contributed by atoms with Crippen LogP contribution < -0.4 is 5.32 Å². The van der Waals surface area contributed by atoms with Gasteiger partial charge < -0.3 is 5.32 Å². The highest BCUT2D eigenvalue weighted by molar-refractivity contribution is 6.14. The molecule has 0 amide bonds. The first-order valence-corrected chi connectivity index (χ1v) is 18.2. The Labute approximate surface area is 307 Å². The van der Waals surface area contributed by atoms with Crippen LogP contribution in [0, 0.1) is 0 Å². The SMILES string of the molecule is c1ccc(Nc2ccc3c(c2)C(c2ccccc2)(c2ccccc2)c2cc(-c4ccc5c(c4)c4ccccc4n4c6ccccc6nc54)ccc2-3)cc1. The summed E-state index contributed by atoms with van der Waals surface area (Å²) in [4.78, 5) is 5.14. The number of pyridine rings is 1. The van der Waals surface area contributed by atoms with Gasteiger partial charge in [-0.05, 0) is 111 Å². The molecule has 8 aromatic carbocycles. The molecule has 0 spiro atoms. The first kappa shape index (κ1) is 29.7. The molecule has 248 valence electrons. The normalized spacial score (nSPS) is 13.1. The van der Waals surface area contributed by atoms with Gasteiger partial charge in [0.1, 0.15) is 5.65 Å². The smallest absolute Gasteiger partial charge is 0.146 e. The summed E-state index contributed by atoms with van der Waals surface area (Å²) in [6.45, 7) is 0. The molecule has 0 saturated carbocycles. The van der Waals surface area contributed by atoms with Crippen LogP contribution in [0.3, 0.4) is 0 Å². The molecule has 3 nitrogen and oxygen atoms in total. The van der Waals surface area contributed by atoms with Crippen molar-refractivity contribution in [2.45, 2.75) is 5.41 Å². The van der Waals surface area contributed by atoms with Gasteiger partial charge in [-0.1, -0.05) is 133 Å². The van der Waals surface area contributed by atoms with Crippen molar-refractivity contribution < 1.29 is 0 Å². The average Bonchev–Trinajstić information content (AvgIpc) is 3.76. The Balaban J connectivity index is 1.16. The third kappa shape index (κ3) is 4.38. The van der Waals surface area contributed by atoms with Gasteiger partial charge >= 0.3 is 0 Å². The van der Waals surface area contributed by atoms with Crippen molar-refractivity contribution in [2.24, 2.45) is 0 Å². The second-order valence-electron chi connectivity index (χ2n) is 14.0. The standard InChI is InChI=1S/C50H33N3/c1-4-14-35(15-5-1)50(36-16-6-2-7-17-36)44-31-34(24-27-39(44)40-29-26-38(32-45(40)50)51-37-18-8-3-9-19-37)33-25-28-42-43(30-33)41-20-10-12-22-47(41)53-48-23-13-11-21-46(48)52-49(42)53/h1-32,51H. The predicted octanol–water partition coefficient (Wildman–Crippen LogP) is 12.6. The van der Waals surface area contributed by atoms with Gasteiger partial charge in [-0.25, -0.2) is 4.98 Å². The maximum atomic E-state index is 5.14. The summed E-state index contributed by atoms with van der Waals surface area (Å²) in [6, 6.07) is 70.5. The van der Waals surface area contributed by atoms with Crippen LogP contribution >= 0.6 is 0 Å². The van der Waals surface area contributed by atoms with E-state index in [1.54, 1.807) is 0 Å². The van der Waals surface area contributed by atoms with E-state index in [-0.39, 0.29) is 0 Å². The quantitative estimate of drug-likeness (QED) is 0.184. The maximum absolute atomic E-state index is 5.14. The summed E-state index contributed by atoms with van der Waals surface area (Å²) in [7, 11) is 0. The fourth-order valence-electron chi connectivity index (χ4n) is 8.92. The Kier molecular flexibility index (Phi) is 6.47. The van der Waals surface area contributed by atoms with Crippen LogP contribution in [0.2, 0.25) is 0 Å². The number of rotatable bonds is 5. The zero-order valence-electron chi connectivity index (χ0n) is 28.9. The van der Waals surface area contributed by atoms with Crippen molar-refractivity contribution in [1.82, 2.24) is 9.38 Å². The van der Waals surface area contributed by atoms with Gasteiger partial charge in [-0.15, -0.1) is 0 Å². The van der Waals surface area contributed by atoms with Crippen molar-refractivity contribution in [1.29, 1.82) is 0 Å². The Morgan fingerprint density at radius 2 is 1.00 bits per heavy atom. The fourth-order valence-corrected chi connectivity index (χ4v) is 8.92. The average molecular weight is 676 g/mol. The molecule has 2 heterocycles. The second-order valence-corrected chi connectivity index (χ2v) is 14.0. The highest BCUT2D eigenvalue weighted by atomic mass is 15.0. The summed E-state index contributed by atoms with van der Waals surface area (Å²) >= 11 is 0. The molecule has 2 aromatic heterocycles. The molecule has 53 heavy (non-hydrogen) atoms. The number of aromatic nitrogens is 2. The number of para-hydroxylation sites is 4. The lowest BCUT2D eigenvalue weighted by molar-refractivity contribution is 0.769. The van der Waals surface area contributed by atoms with Gasteiger partial charge in [0, 0.05) is 22.1 Å². The summed E-state index contributed by atoms with van der Waals surface area (Å²) in [6.07, 6.45) is 0.